The SMILES string of the molecule is CCNCc1cc2ccccc2nc1N1CC(C)CC1C. The van der Waals surface area contributed by atoms with E-state index >= 15 is 0 Å². The number of fused-ring (bicyclic) bond motifs is 1. The zero-order chi connectivity index (χ0) is 14.8. The van der Waals surface area contributed by atoms with E-state index in [9.17, 15) is 0 Å². The van der Waals surface area contributed by atoms with Gasteiger partial charge >= 0.3 is 0 Å². The summed E-state index contributed by atoms with van der Waals surface area (Å²) < 4.78 is 0. The van der Waals surface area contributed by atoms with Crippen molar-refractivity contribution in [2.24, 2.45) is 5.92 Å². The fourth-order valence-corrected chi connectivity index (χ4v) is 3.38. The largest absolute Gasteiger partial charge is 0.353 e. The second-order valence-electron chi connectivity index (χ2n) is 6.29. The van der Waals surface area contributed by atoms with E-state index in [1.165, 1.54) is 23.2 Å². The number of nitrogens with zero attached hydrogens (tertiary/aromatic N) is 2. The first-order chi connectivity index (χ1) is 10.2. The summed E-state index contributed by atoms with van der Waals surface area (Å²) in [6.07, 6.45) is 1.26. The molecule has 0 bridgehead atoms. The van der Waals surface area contributed by atoms with E-state index < -0.39 is 0 Å². The van der Waals surface area contributed by atoms with Crippen molar-refractivity contribution in [2.75, 3.05) is 18.0 Å². The minimum absolute atomic E-state index is 0.578. The van der Waals surface area contributed by atoms with Crippen molar-refractivity contribution >= 4 is 16.7 Å². The molecule has 3 rings (SSSR count). The summed E-state index contributed by atoms with van der Waals surface area (Å²) in [5.41, 5.74) is 2.41. The maximum absolute atomic E-state index is 4.98. The van der Waals surface area contributed by atoms with E-state index in [2.05, 4.69) is 61.3 Å². The molecule has 1 aliphatic rings. The molecule has 2 atom stereocenters. The quantitative estimate of drug-likeness (QED) is 0.929. The lowest BCUT2D eigenvalue weighted by Crippen LogP contribution is -2.29. The normalized spacial score (nSPS) is 22.1. The zero-order valence-electron chi connectivity index (χ0n) is 13.3. The number of nitrogens with one attached hydrogen (secondary N) is 1. The van der Waals surface area contributed by atoms with Gasteiger partial charge in [0.05, 0.1) is 5.52 Å². The van der Waals surface area contributed by atoms with Gasteiger partial charge in [-0.25, -0.2) is 4.98 Å². The van der Waals surface area contributed by atoms with Crippen molar-refractivity contribution < 1.29 is 0 Å². The Kier molecular flexibility index (Phi) is 4.11. The minimum Gasteiger partial charge on any atom is -0.353 e. The summed E-state index contributed by atoms with van der Waals surface area (Å²) in [6, 6.07) is 11.3. The Hall–Kier alpha value is -1.61. The van der Waals surface area contributed by atoms with E-state index in [0.29, 0.717) is 6.04 Å². The highest BCUT2D eigenvalue weighted by molar-refractivity contribution is 5.82. The van der Waals surface area contributed by atoms with Gasteiger partial charge < -0.3 is 10.2 Å². The molecule has 0 spiro atoms. The first kappa shape index (κ1) is 14.3. The monoisotopic (exact) mass is 283 g/mol. The van der Waals surface area contributed by atoms with Crippen molar-refractivity contribution in [2.45, 2.75) is 39.8 Å². The van der Waals surface area contributed by atoms with Crippen LogP contribution in [-0.4, -0.2) is 24.1 Å². The molecule has 1 aromatic heterocycles. The lowest BCUT2D eigenvalue weighted by Gasteiger charge is -2.26. The molecule has 1 fully saturated rings. The van der Waals surface area contributed by atoms with E-state index in [-0.39, 0.29) is 0 Å². The van der Waals surface area contributed by atoms with Gasteiger partial charge in [-0.3, -0.25) is 0 Å². The molecule has 2 aromatic rings. The molecular formula is C18H25N3. The third kappa shape index (κ3) is 2.88. The van der Waals surface area contributed by atoms with Gasteiger partial charge in [-0.2, -0.15) is 0 Å². The molecule has 1 aliphatic heterocycles. The molecule has 0 amide bonds. The van der Waals surface area contributed by atoms with E-state index in [1.54, 1.807) is 0 Å². The predicted molar refractivity (Wildman–Crippen MR) is 89.7 cm³/mol. The topological polar surface area (TPSA) is 28.2 Å². The molecule has 1 N–H and O–H groups in total. The molecule has 1 saturated heterocycles. The molecule has 0 radical (unpaired) electrons. The van der Waals surface area contributed by atoms with Crippen molar-refractivity contribution in [3.8, 4) is 0 Å². The molecule has 3 heteroatoms. The van der Waals surface area contributed by atoms with Crippen molar-refractivity contribution in [1.82, 2.24) is 10.3 Å². The Morgan fingerprint density at radius 3 is 2.81 bits per heavy atom. The summed E-state index contributed by atoms with van der Waals surface area (Å²) >= 11 is 0. The van der Waals surface area contributed by atoms with Gasteiger partial charge in [0.2, 0.25) is 0 Å². The van der Waals surface area contributed by atoms with Crippen molar-refractivity contribution in [3.63, 3.8) is 0 Å². The summed E-state index contributed by atoms with van der Waals surface area (Å²) in [5, 5.41) is 4.68. The third-order valence-corrected chi connectivity index (χ3v) is 4.40. The zero-order valence-corrected chi connectivity index (χ0v) is 13.3. The number of anilines is 1. The highest BCUT2D eigenvalue weighted by atomic mass is 15.2. The molecule has 3 nitrogen and oxygen atoms in total. The molecule has 112 valence electrons. The number of para-hydroxylation sites is 1. The summed E-state index contributed by atoms with van der Waals surface area (Å²) in [4.78, 5) is 7.47. The van der Waals surface area contributed by atoms with Crippen LogP contribution in [-0.2, 0) is 6.54 Å². The second kappa shape index (κ2) is 6.02. The average Bonchev–Trinajstić information content (AvgIpc) is 2.82. The molecule has 0 aliphatic carbocycles. The Morgan fingerprint density at radius 2 is 2.10 bits per heavy atom. The number of rotatable bonds is 4. The maximum atomic E-state index is 4.98. The minimum atomic E-state index is 0.578. The van der Waals surface area contributed by atoms with Crippen LogP contribution in [0.15, 0.2) is 30.3 Å². The van der Waals surface area contributed by atoms with E-state index in [4.69, 9.17) is 4.98 Å². The highest BCUT2D eigenvalue weighted by Gasteiger charge is 2.28. The fourth-order valence-electron chi connectivity index (χ4n) is 3.38. The number of hydrogen-bond donors (Lipinski definition) is 1. The average molecular weight is 283 g/mol. The van der Waals surface area contributed by atoms with Gasteiger partial charge in [-0.1, -0.05) is 32.0 Å². The molecular weight excluding hydrogens is 258 g/mol. The molecule has 2 unspecified atom stereocenters. The maximum Gasteiger partial charge on any atom is 0.134 e. The van der Waals surface area contributed by atoms with Crippen LogP contribution in [0.25, 0.3) is 10.9 Å². The van der Waals surface area contributed by atoms with E-state index in [0.717, 1.165) is 31.1 Å². The van der Waals surface area contributed by atoms with Crippen LogP contribution >= 0.6 is 0 Å². The van der Waals surface area contributed by atoms with Gasteiger partial charge in [0.15, 0.2) is 0 Å². The molecule has 1 aromatic carbocycles. The van der Waals surface area contributed by atoms with Gasteiger partial charge in [-0.15, -0.1) is 0 Å². The second-order valence-corrected chi connectivity index (χ2v) is 6.29. The first-order valence-electron chi connectivity index (χ1n) is 8.05. The van der Waals surface area contributed by atoms with Crippen LogP contribution in [0.5, 0.6) is 0 Å². The molecule has 2 heterocycles. The van der Waals surface area contributed by atoms with Crippen molar-refractivity contribution in [1.29, 1.82) is 0 Å². The Labute approximate surface area is 127 Å². The Morgan fingerprint density at radius 1 is 1.29 bits per heavy atom. The lowest BCUT2D eigenvalue weighted by molar-refractivity contribution is 0.625. The van der Waals surface area contributed by atoms with Crippen LogP contribution in [0.2, 0.25) is 0 Å². The summed E-state index contributed by atoms with van der Waals surface area (Å²) in [5.74, 6) is 1.92. The van der Waals surface area contributed by atoms with Crippen LogP contribution in [0.1, 0.15) is 32.8 Å². The van der Waals surface area contributed by atoms with E-state index in [1.807, 2.05) is 0 Å². The van der Waals surface area contributed by atoms with Crippen LogP contribution < -0.4 is 10.2 Å². The van der Waals surface area contributed by atoms with Crippen molar-refractivity contribution in [3.05, 3.63) is 35.9 Å². The summed E-state index contributed by atoms with van der Waals surface area (Å²) in [6.45, 7) is 9.79. The smallest absolute Gasteiger partial charge is 0.134 e. The Balaban J connectivity index is 2.05. The molecule has 21 heavy (non-hydrogen) atoms. The van der Waals surface area contributed by atoms with Gasteiger partial charge in [0.1, 0.15) is 5.82 Å². The van der Waals surface area contributed by atoms with Crippen LogP contribution in [0.3, 0.4) is 0 Å². The number of pyridine rings is 1. The fraction of sp³-hybridized carbons (Fsp3) is 0.500. The number of benzene rings is 1. The highest BCUT2D eigenvalue weighted by Crippen LogP contribution is 2.31. The van der Waals surface area contributed by atoms with Crippen LogP contribution in [0.4, 0.5) is 5.82 Å². The standard InChI is InChI=1S/C18H25N3/c1-4-19-11-16-10-15-7-5-6-8-17(15)20-18(16)21-12-13(2)9-14(21)3/h5-8,10,13-14,19H,4,9,11-12H2,1-3H3. The van der Waals surface area contributed by atoms with Gasteiger partial charge in [0, 0.05) is 30.1 Å². The number of hydrogen-bond acceptors (Lipinski definition) is 3. The number of aromatic nitrogens is 1. The third-order valence-electron chi connectivity index (χ3n) is 4.40. The lowest BCUT2D eigenvalue weighted by atomic mass is 10.1. The van der Waals surface area contributed by atoms with Gasteiger partial charge in [0.25, 0.3) is 0 Å². The predicted octanol–water partition coefficient (Wildman–Crippen LogP) is 3.58. The Bertz CT molecular complexity index is 623. The van der Waals surface area contributed by atoms with Gasteiger partial charge in [-0.05, 0) is 37.9 Å². The molecule has 0 saturated carbocycles. The summed E-state index contributed by atoms with van der Waals surface area (Å²) in [7, 11) is 0. The first-order valence-corrected chi connectivity index (χ1v) is 8.05. The van der Waals surface area contributed by atoms with Crippen LogP contribution in [0, 0.1) is 5.92 Å².